The molecule has 0 radical (unpaired) electrons. The number of ether oxygens (including phenoxy) is 1. The van der Waals surface area contributed by atoms with Crippen molar-refractivity contribution in [3.63, 3.8) is 0 Å². The zero-order valence-electron chi connectivity index (χ0n) is 25.7. The fraction of sp³-hybridized carbons (Fsp3) is 0.500. The second kappa shape index (κ2) is 14.7. The van der Waals surface area contributed by atoms with Gasteiger partial charge in [-0.25, -0.2) is 4.79 Å². The van der Waals surface area contributed by atoms with Gasteiger partial charge in [-0.05, 0) is 83.6 Å². The molecule has 2 unspecified atom stereocenters. The number of aryl methyl sites for hydroxylation is 4. The second-order valence-corrected chi connectivity index (χ2v) is 11.6. The van der Waals surface area contributed by atoms with Crippen molar-refractivity contribution in [3.05, 3.63) is 64.2 Å². The van der Waals surface area contributed by atoms with E-state index in [4.69, 9.17) is 10.5 Å². The average molecular weight is 567 g/mol. The average Bonchev–Trinajstić information content (AvgIpc) is 2.86. The number of primary amides is 1. The molecule has 9 nitrogen and oxygen atoms in total. The number of hydrogen-bond donors (Lipinski definition) is 3. The van der Waals surface area contributed by atoms with E-state index in [0.717, 1.165) is 28.7 Å². The maximum absolute atomic E-state index is 14.3. The molecule has 0 saturated heterocycles. The highest BCUT2D eigenvalue weighted by molar-refractivity contribution is 6.00. The first kappa shape index (κ1) is 33.3. The summed E-state index contributed by atoms with van der Waals surface area (Å²) in [6.45, 7) is 15.1. The van der Waals surface area contributed by atoms with Gasteiger partial charge in [0.05, 0.1) is 0 Å². The molecule has 9 heteroatoms. The molecule has 0 aliphatic rings. The van der Waals surface area contributed by atoms with Crippen LogP contribution in [0.1, 0.15) is 87.2 Å². The number of rotatable bonds is 12. The van der Waals surface area contributed by atoms with Crippen LogP contribution in [-0.4, -0.2) is 46.9 Å². The standard InChI is InChI=1S/C32H46N4O5/c1-9-10-18-36(30(39)25(16-17-26(33)37)34-31(40)41-32(6,7)8)28(24-19-20(2)14-15-21(24)3)29(38)35-27-22(4)12-11-13-23(27)5/h11-15,19,25,28H,9-10,16-18H2,1-8H3,(H2,33,37)(H,34,40)(H,35,38). The van der Waals surface area contributed by atoms with Crippen molar-refractivity contribution in [2.75, 3.05) is 11.9 Å². The van der Waals surface area contributed by atoms with Crippen molar-refractivity contribution in [2.24, 2.45) is 5.73 Å². The minimum Gasteiger partial charge on any atom is -0.444 e. The molecule has 224 valence electrons. The van der Waals surface area contributed by atoms with Gasteiger partial charge in [0.2, 0.25) is 11.8 Å². The van der Waals surface area contributed by atoms with Gasteiger partial charge < -0.3 is 26.0 Å². The van der Waals surface area contributed by atoms with E-state index >= 15 is 0 Å². The number of para-hydroxylation sites is 1. The van der Waals surface area contributed by atoms with Gasteiger partial charge in [-0.3, -0.25) is 14.4 Å². The molecular formula is C32H46N4O5. The molecular weight excluding hydrogens is 520 g/mol. The Morgan fingerprint density at radius 3 is 2.17 bits per heavy atom. The van der Waals surface area contributed by atoms with Crippen LogP contribution in [0.15, 0.2) is 36.4 Å². The molecule has 0 aliphatic heterocycles. The lowest BCUT2D eigenvalue weighted by atomic mass is 9.95. The third kappa shape index (κ3) is 9.92. The largest absolute Gasteiger partial charge is 0.444 e. The van der Waals surface area contributed by atoms with Gasteiger partial charge >= 0.3 is 6.09 Å². The van der Waals surface area contributed by atoms with Gasteiger partial charge in [0.15, 0.2) is 0 Å². The number of anilines is 1. The van der Waals surface area contributed by atoms with E-state index in [2.05, 4.69) is 10.6 Å². The highest BCUT2D eigenvalue weighted by atomic mass is 16.6. The lowest BCUT2D eigenvalue weighted by Gasteiger charge is -2.35. The minimum absolute atomic E-state index is 0.0337. The SMILES string of the molecule is CCCCN(C(=O)C(CCC(N)=O)NC(=O)OC(C)(C)C)C(C(=O)Nc1c(C)cccc1C)c1cc(C)ccc1C. The van der Waals surface area contributed by atoms with Crippen molar-refractivity contribution in [1.82, 2.24) is 10.2 Å². The van der Waals surface area contributed by atoms with E-state index in [0.29, 0.717) is 17.7 Å². The Bertz CT molecular complexity index is 1230. The van der Waals surface area contributed by atoms with E-state index in [1.807, 2.05) is 71.0 Å². The molecule has 2 rings (SSSR count). The maximum Gasteiger partial charge on any atom is 0.408 e. The molecule has 0 aliphatic carbocycles. The lowest BCUT2D eigenvalue weighted by molar-refractivity contribution is -0.141. The van der Waals surface area contributed by atoms with Gasteiger partial charge in [0.1, 0.15) is 17.7 Å². The van der Waals surface area contributed by atoms with Crippen LogP contribution in [0.2, 0.25) is 0 Å². The summed E-state index contributed by atoms with van der Waals surface area (Å²) in [7, 11) is 0. The zero-order chi connectivity index (χ0) is 30.9. The Hall–Kier alpha value is -3.88. The molecule has 0 spiro atoms. The monoisotopic (exact) mass is 566 g/mol. The number of unbranched alkanes of at least 4 members (excludes halogenated alkanes) is 1. The quantitative estimate of drug-likeness (QED) is 0.317. The number of nitrogens with one attached hydrogen (secondary N) is 2. The molecule has 0 aromatic heterocycles. The van der Waals surface area contributed by atoms with Crippen LogP contribution in [0.3, 0.4) is 0 Å². The van der Waals surface area contributed by atoms with Gasteiger partial charge in [0.25, 0.3) is 5.91 Å². The predicted octanol–water partition coefficient (Wildman–Crippen LogP) is 5.39. The van der Waals surface area contributed by atoms with Crippen LogP contribution in [0.5, 0.6) is 0 Å². The number of nitrogens with zero attached hydrogens (tertiary/aromatic N) is 1. The molecule has 0 heterocycles. The number of nitrogens with two attached hydrogens (primary N) is 1. The first-order chi connectivity index (χ1) is 19.1. The summed E-state index contributed by atoms with van der Waals surface area (Å²) in [5.74, 6) is -1.47. The number of carbonyl (C=O) groups is 4. The topological polar surface area (TPSA) is 131 Å². The second-order valence-electron chi connectivity index (χ2n) is 11.6. The Morgan fingerprint density at radius 1 is 0.976 bits per heavy atom. The Kier molecular flexibility index (Phi) is 11.9. The van der Waals surface area contributed by atoms with Crippen LogP contribution in [0.4, 0.5) is 10.5 Å². The normalized spacial score (nSPS) is 12.7. The predicted molar refractivity (Wildman–Crippen MR) is 161 cm³/mol. The fourth-order valence-electron chi connectivity index (χ4n) is 4.60. The van der Waals surface area contributed by atoms with Gasteiger partial charge in [-0.2, -0.15) is 0 Å². The van der Waals surface area contributed by atoms with Crippen molar-refractivity contribution in [1.29, 1.82) is 0 Å². The fourth-order valence-corrected chi connectivity index (χ4v) is 4.60. The highest BCUT2D eigenvalue weighted by Gasteiger charge is 2.37. The maximum atomic E-state index is 14.3. The third-order valence-electron chi connectivity index (χ3n) is 6.72. The minimum atomic E-state index is -1.13. The number of hydrogen-bond acceptors (Lipinski definition) is 5. The van der Waals surface area contributed by atoms with E-state index in [1.165, 1.54) is 4.90 Å². The summed E-state index contributed by atoms with van der Waals surface area (Å²) in [5.41, 5.74) is 9.57. The van der Waals surface area contributed by atoms with Crippen LogP contribution < -0.4 is 16.4 Å². The zero-order valence-corrected chi connectivity index (χ0v) is 25.7. The molecule has 4 amide bonds. The Balaban J connectivity index is 2.64. The van der Waals surface area contributed by atoms with E-state index in [1.54, 1.807) is 20.8 Å². The summed E-state index contributed by atoms with van der Waals surface area (Å²) in [6, 6.07) is 9.42. The Labute approximate surface area is 244 Å². The molecule has 2 aromatic carbocycles. The number of carbonyl (C=O) groups excluding carboxylic acids is 4. The van der Waals surface area contributed by atoms with Gasteiger partial charge in [-0.15, -0.1) is 0 Å². The number of benzene rings is 2. The van der Waals surface area contributed by atoms with E-state index < -0.39 is 35.6 Å². The molecule has 2 atom stereocenters. The van der Waals surface area contributed by atoms with Gasteiger partial charge in [0, 0.05) is 18.7 Å². The molecule has 41 heavy (non-hydrogen) atoms. The van der Waals surface area contributed by atoms with Crippen LogP contribution in [-0.2, 0) is 19.1 Å². The molecule has 4 N–H and O–H groups in total. The molecule has 2 aromatic rings. The van der Waals surface area contributed by atoms with Crippen molar-refractivity contribution < 1.29 is 23.9 Å². The third-order valence-corrected chi connectivity index (χ3v) is 6.72. The summed E-state index contributed by atoms with van der Waals surface area (Å²) < 4.78 is 5.40. The smallest absolute Gasteiger partial charge is 0.408 e. The summed E-state index contributed by atoms with van der Waals surface area (Å²) >= 11 is 0. The number of amides is 4. The number of alkyl carbamates (subject to hydrolysis) is 1. The molecule has 0 bridgehead atoms. The van der Waals surface area contributed by atoms with Crippen molar-refractivity contribution in [2.45, 2.75) is 98.8 Å². The van der Waals surface area contributed by atoms with Gasteiger partial charge in [-0.1, -0.05) is 55.3 Å². The van der Waals surface area contributed by atoms with Crippen molar-refractivity contribution >= 4 is 29.5 Å². The first-order valence-electron chi connectivity index (χ1n) is 14.2. The Morgan fingerprint density at radius 2 is 1.61 bits per heavy atom. The summed E-state index contributed by atoms with van der Waals surface area (Å²) in [6.07, 6.45) is 0.440. The molecule has 0 fully saturated rings. The first-order valence-corrected chi connectivity index (χ1v) is 14.2. The van der Waals surface area contributed by atoms with Crippen LogP contribution >= 0.6 is 0 Å². The highest BCUT2D eigenvalue weighted by Crippen LogP contribution is 2.30. The van der Waals surface area contributed by atoms with Crippen LogP contribution in [0, 0.1) is 27.7 Å². The van der Waals surface area contributed by atoms with E-state index in [-0.39, 0.29) is 25.3 Å². The van der Waals surface area contributed by atoms with E-state index in [9.17, 15) is 19.2 Å². The summed E-state index contributed by atoms with van der Waals surface area (Å²) in [5, 5.41) is 5.71. The molecule has 0 saturated carbocycles. The van der Waals surface area contributed by atoms with Crippen LogP contribution in [0.25, 0.3) is 0 Å². The lowest BCUT2D eigenvalue weighted by Crippen LogP contribution is -2.53. The summed E-state index contributed by atoms with van der Waals surface area (Å²) in [4.78, 5) is 54.4. The van der Waals surface area contributed by atoms with Crippen molar-refractivity contribution in [3.8, 4) is 0 Å².